The Labute approximate surface area is 97.0 Å². The lowest BCUT2D eigenvalue weighted by molar-refractivity contribution is 0.208. The number of nitrogens with zero attached hydrogens (tertiary/aromatic N) is 2. The maximum atomic E-state index is 5.19. The predicted octanol–water partition coefficient (Wildman–Crippen LogP) is 1.64. The molecule has 0 bridgehead atoms. The van der Waals surface area contributed by atoms with Crippen molar-refractivity contribution in [3.05, 3.63) is 18.4 Å². The molecule has 4 heteroatoms. The summed E-state index contributed by atoms with van der Waals surface area (Å²) in [6, 6.07) is 0.503. The SMILES string of the molecule is CC(CN1CCCCC1)NCc1cnco1. The molecule has 1 aliphatic rings. The molecule has 0 saturated carbocycles. The largest absolute Gasteiger partial charge is 0.447 e. The van der Waals surface area contributed by atoms with Crippen LogP contribution in [0.1, 0.15) is 31.9 Å². The van der Waals surface area contributed by atoms with Gasteiger partial charge >= 0.3 is 0 Å². The van der Waals surface area contributed by atoms with Crippen molar-refractivity contribution in [2.24, 2.45) is 0 Å². The van der Waals surface area contributed by atoms with Gasteiger partial charge < -0.3 is 14.6 Å². The molecule has 4 nitrogen and oxygen atoms in total. The molecule has 1 aromatic heterocycles. The van der Waals surface area contributed by atoms with E-state index in [4.69, 9.17) is 4.42 Å². The third kappa shape index (κ3) is 3.61. The summed E-state index contributed by atoms with van der Waals surface area (Å²) in [4.78, 5) is 6.44. The van der Waals surface area contributed by atoms with E-state index in [9.17, 15) is 0 Å². The highest BCUT2D eigenvalue weighted by atomic mass is 16.3. The Morgan fingerprint density at radius 3 is 2.94 bits per heavy atom. The van der Waals surface area contributed by atoms with Crippen molar-refractivity contribution in [1.29, 1.82) is 0 Å². The number of hydrogen-bond donors (Lipinski definition) is 1. The van der Waals surface area contributed by atoms with Gasteiger partial charge in [0.05, 0.1) is 12.7 Å². The van der Waals surface area contributed by atoms with Crippen LogP contribution in [-0.4, -0.2) is 35.6 Å². The fourth-order valence-electron chi connectivity index (χ4n) is 2.20. The van der Waals surface area contributed by atoms with Crippen LogP contribution in [0.25, 0.3) is 0 Å². The Hall–Kier alpha value is -0.870. The van der Waals surface area contributed by atoms with Gasteiger partial charge in [0.25, 0.3) is 0 Å². The van der Waals surface area contributed by atoms with Crippen LogP contribution in [0.2, 0.25) is 0 Å². The smallest absolute Gasteiger partial charge is 0.180 e. The van der Waals surface area contributed by atoms with Crippen LogP contribution >= 0.6 is 0 Å². The van der Waals surface area contributed by atoms with Gasteiger partial charge in [-0.2, -0.15) is 0 Å². The van der Waals surface area contributed by atoms with Crippen molar-refractivity contribution in [1.82, 2.24) is 15.2 Å². The summed E-state index contributed by atoms with van der Waals surface area (Å²) >= 11 is 0. The molecule has 1 saturated heterocycles. The van der Waals surface area contributed by atoms with Gasteiger partial charge in [0, 0.05) is 12.6 Å². The molecular weight excluding hydrogens is 202 g/mol. The van der Waals surface area contributed by atoms with Gasteiger partial charge in [0.1, 0.15) is 5.76 Å². The molecule has 1 aromatic rings. The zero-order chi connectivity index (χ0) is 11.2. The van der Waals surface area contributed by atoms with Crippen LogP contribution in [0.3, 0.4) is 0 Å². The summed E-state index contributed by atoms with van der Waals surface area (Å²) in [5.41, 5.74) is 0. The number of hydrogen-bond acceptors (Lipinski definition) is 4. The van der Waals surface area contributed by atoms with Gasteiger partial charge in [-0.05, 0) is 32.9 Å². The fraction of sp³-hybridized carbons (Fsp3) is 0.750. The highest BCUT2D eigenvalue weighted by molar-refractivity contribution is 4.88. The van der Waals surface area contributed by atoms with Crippen molar-refractivity contribution in [3.63, 3.8) is 0 Å². The maximum Gasteiger partial charge on any atom is 0.180 e. The lowest BCUT2D eigenvalue weighted by Crippen LogP contribution is -2.41. The maximum absolute atomic E-state index is 5.19. The van der Waals surface area contributed by atoms with E-state index in [1.54, 1.807) is 6.20 Å². The monoisotopic (exact) mass is 223 g/mol. The number of piperidine rings is 1. The van der Waals surface area contributed by atoms with Crippen LogP contribution in [0.4, 0.5) is 0 Å². The van der Waals surface area contributed by atoms with E-state index in [1.807, 2.05) is 0 Å². The van der Waals surface area contributed by atoms with Gasteiger partial charge in [-0.3, -0.25) is 0 Å². The Morgan fingerprint density at radius 1 is 1.44 bits per heavy atom. The van der Waals surface area contributed by atoms with Crippen molar-refractivity contribution < 1.29 is 4.42 Å². The first-order chi connectivity index (χ1) is 7.84. The Morgan fingerprint density at radius 2 is 2.25 bits per heavy atom. The third-order valence-electron chi connectivity index (χ3n) is 3.09. The van der Waals surface area contributed by atoms with Crippen LogP contribution in [0.15, 0.2) is 17.0 Å². The van der Waals surface area contributed by atoms with Gasteiger partial charge in [0.15, 0.2) is 6.39 Å². The number of likely N-dealkylation sites (tertiary alicyclic amines) is 1. The first kappa shape index (κ1) is 11.6. The minimum atomic E-state index is 0.503. The standard InChI is InChI=1S/C12H21N3O/c1-11(9-15-5-3-2-4-6-15)14-8-12-7-13-10-16-12/h7,10-11,14H,2-6,8-9H2,1H3. The van der Waals surface area contributed by atoms with E-state index in [0.29, 0.717) is 6.04 Å². The van der Waals surface area contributed by atoms with Gasteiger partial charge in [0.2, 0.25) is 0 Å². The van der Waals surface area contributed by atoms with E-state index in [2.05, 4.69) is 22.1 Å². The highest BCUT2D eigenvalue weighted by Crippen LogP contribution is 2.08. The molecule has 1 aliphatic heterocycles. The van der Waals surface area contributed by atoms with Crippen LogP contribution in [-0.2, 0) is 6.54 Å². The lowest BCUT2D eigenvalue weighted by Gasteiger charge is -2.29. The average Bonchev–Trinajstić information content (AvgIpc) is 2.81. The molecule has 1 atom stereocenters. The summed E-state index contributed by atoms with van der Waals surface area (Å²) in [5, 5.41) is 3.46. The summed E-state index contributed by atoms with van der Waals surface area (Å²) in [6.07, 6.45) is 7.35. The molecule has 90 valence electrons. The second kappa shape index (κ2) is 6.01. The van der Waals surface area contributed by atoms with Crippen molar-refractivity contribution >= 4 is 0 Å². The van der Waals surface area contributed by atoms with Crippen LogP contribution < -0.4 is 5.32 Å². The zero-order valence-electron chi connectivity index (χ0n) is 9.98. The second-order valence-electron chi connectivity index (χ2n) is 4.61. The average molecular weight is 223 g/mol. The topological polar surface area (TPSA) is 41.3 Å². The minimum absolute atomic E-state index is 0.503. The number of rotatable bonds is 5. The van der Waals surface area contributed by atoms with E-state index >= 15 is 0 Å². The molecule has 1 fully saturated rings. The molecule has 1 N–H and O–H groups in total. The minimum Gasteiger partial charge on any atom is -0.447 e. The summed E-state index contributed by atoms with van der Waals surface area (Å²) < 4.78 is 5.19. The van der Waals surface area contributed by atoms with Gasteiger partial charge in [-0.15, -0.1) is 0 Å². The molecule has 0 spiro atoms. The predicted molar refractivity (Wildman–Crippen MR) is 63.1 cm³/mol. The summed E-state index contributed by atoms with van der Waals surface area (Å²) in [7, 11) is 0. The van der Waals surface area contributed by atoms with Crippen LogP contribution in [0, 0.1) is 0 Å². The van der Waals surface area contributed by atoms with E-state index in [-0.39, 0.29) is 0 Å². The van der Waals surface area contributed by atoms with Crippen LogP contribution in [0.5, 0.6) is 0 Å². The molecule has 0 aliphatic carbocycles. The van der Waals surface area contributed by atoms with Crippen molar-refractivity contribution in [2.75, 3.05) is 19.6 Å². The number of oxazole rings is 1. The normalized spacial score (nSPS) is 19.8. The van der Waals surface area contributed by atoms with Gasteiger partial charge in [-0.1, -0.05) is 6.42 Å². The molecule has 0 aromatic carbocycles. The molecule has 2 heterocycles. The summed E-state index contributed by atoms with van der Waals surface area (Å²) in [6.45, 7) is 6.65. The molecule has 2 rings (SSSR count). The van der Waals surface area contributed by atoms with Gasteiger partial charge in [-0.25, -0.2) is 4.98 Å². The second-order valence-corrected chi connectivity index (χ2v) is 4.61. The molecule has 1 unspecified atom stereocenters. The number of nitrogens with one attached hydrogen (secondary N) is 1. The Kier molecular flexibility index (Phi) is 4.36. The molecule has 0 radical (unpaired) electrons. The Balaban J connectivity index is 1.65. The molecule has 0 amide bonds. The van der Waals surface area contributed by atoms with Crippen molar-refractivity contribution in [2.45, 2.75) is 38.8 Å². The zero-order valence-corrected chi connectivity index (χ0v) is 9.98. The first-order valence-electron chi connectivity index (χ1n) is 6.17. The lowest BCUT2D eigenvalue weighted by atomic mass is 10.1. The first-order valence-corrected chi connectivity index (χ1v) is 6.17. The quantitative estimate of drug-likeness (QED) is 0.824. The third-order valence-corrected chi connectivity index (χ3v) is 3.09. The fourth-order valence-corrected chi connectivity index (χ4v) is 2.20. The highest BCUT2D eigenvalue weighted by Gasteiger charge is 2.13. The summed E-state index contributed by atoms with van der Waals surface area (Å²) in [5.74, 6) is 0.908. The van der Waals surface area contributed by atoms with E-state index in [1.165, 1.54) is 38.7 Å². The van der Waals surface area contributed by atoms with E-state index < -0.39 is 0 Å². The Bertz CT molecular complexity index is 280. The molecule has 16 heavy (non-hydrogen) atoms. The molecular formula is C12H21N3O. The van der Waals surface area contributed by atoms with Crippen molar-refractivity contribution in [3.8, 4) is 0 Å². The number of aromatic nitrogens is 1. The van der Waals surface area contributed by atoms with E-state index in [0.717, 1.165) is 18.8 Å².